The maximum Gasteiger partial charge on any atom is 0.326 e. The summed E-state index contributed by atoms with van der Waals surface area (Å²) in [5, 5.41) is 18.5. The summed E-state index contributed by atoms with van der Waals surface area (Å²) >= 11 is 1.40. The summed E-state index contributed by atoms with van der Waals surface area (Å²) in [6.45, 7) is 0.0665. The lowest BCUT2D eigenvalue weighted by molar-refractivity contribution is -0.148. The third kappa shape index (κ3) is 4.18. The van der Waals surface area contributed by atoms with E-state index < -0.39 is 18.1 Å². The van der Waals surface area contributed by atoms with Gasteiger partial charge in [0.05, 0.1) is 6.10 Å². The summed E-state index contributed by atoms with van der Waals surface area (Å²) in [6, 6.07) is 5.01. The number of nitrogens with zero attached hydrogens (tertiary/aromatic N) is 1. The van der Waals surface area contributed by atoms with Gasteiger partial charge in [-0.1, -0.05) is 0 Å². The number of rotatable bonds is 5. The van der Waals surface area contributed by atoms with E-state index in [1.807, 2.05) is 0 Å². The molecular weight excluding hydrogens is 297 g/mol. The van der Waals surface area contributed by atoms with Crippen molar-refractivity contribution in [3.8, 4) is 0 Å². The van der Waals surface area contributed by atoms with Crippen LogP contribution in [0, 0.1) is 5.82 Å². The number of benzene rings is 1. The van der Waals surface area contributed by atoms with Gasteiger partial charge in [0.1, 0.15) is 11.9 Å². The number of amides is 1. The zero-order valence-corrected chi connectivity index (χ0v) is 12.1. The fourth-order valence-corrected chi connectivity index (χ4v) is 3.10. The van der Waals surface area contributed by atoms with Crippen molar-refractivity contribution in [1.82, 2.24) is 4.90 Å². The van der Waals surface area contributed by atoms with E-state index in [4.69, 9.17) is 5.11 Å². The first-order chi connectivity index (χ1) is 9.97. The molecule has 1 aliphatic heterocycles. The number of hydrogen-bond donors (Lipinski definition) is 2. The molecule has 2 N–H and O–H groups in total. The number of aliphatic hydroxyl groups excluding tert-OH is 1. The minimum Gasteiger partial charge on any atom is -0.480 e. The molecule has 0 radical (unpaired) electrons. The van der Waals surface area contributed by atoms with Gasteiger partial charge in [0.15, 0.2) is 0 Å². The molecule has 21 heavy (non-hydrogen) atoms. The van der Waals surface area contributed by atoms with Crippen molar-refractivity contribution in [2.75, 3.05) is 12.3 Å². The van der Waals surface area contributed by atoms with Gasteiger partial charge in [0.2, 0.25) is 5.91 Å². The fraction of sp³-hybridized carbons (Fsp3) is 0.429. The van der Waals surface area contributed by atoms with Crippen molar-refractivity contribution in [3.63, 3.8) is 0 Å². The summed E-state index contributed by atoms with van der Waals surface area (Å²) in [5.41, 5.74) is 0. The van der Waals surface area contributed by atoms with Gasteiger partial charge in [0, 0.05) is 30.0 Å². The van der Waals surface area contributed by atoms with Gasteiger partial charge in [-0.25, -0.2) is 9.18 Å². The topological polar surface area (TPSA) is 77.8 Å². The molecule has 1 aromatic rings. The summed E-state index contributed by atoms with van der Waals surface area (Å²) < 4.78 is 12.7. The number of hydrogen-bond acceptors (Lipinski definition) is 4. The average Bonchev–Trinajstić information content (AvgIpc) is 2.83. The molecule has 7 heteroatoms. The second-order valence-electron chi connectivity index (χ2n) is 4.84. The molecule has 0 saturated carbocycles. The predicted molar refractivity (Wildman–Crippen MR) is 75.5 cm³/mol. The number of carboxylic acid groups (broad SMARTS) is 1. The molecule has 0 aromatic heterocycles. The summed E-state index contributed by atoms with van der Waals surface area (Å²) in [4.78, 5) is 25.1. The molecule has 1 aromatic carbocycles. The first-order valence-corrected chi connectivity index (χ1v) is 7.54. The van der Waals surface area contributed by atoms with E-state index in [0.717, 1.165) is 4.90 Å². The Balaban J connectivity index is 1.84. The van der Waals surface area contributed by atoms with Crippen molar-refractivity contribution in [1.29, 1.82) is 0 Å². The van der Waals surface area contributed by atoms with E-state index in [9.17, 15) is 19.1 Å². The number of halogens is 1. The molecule has 1 amide bonds. The second-order valence-corrected chi connectivity index (χ2v) is 6.01. The second kappa shape index (κ2) is 6.91. The van der Waals surface area contributed by atoms with Crippen LogP contribution in [-0.4, -0.2) is 51.4 Å². The number of carbonyl (C=O) groups excluding carboxylic acids is 1. The Morgan fingerprint density at radius 2 is 2.00 bits per heavy atom. The Morgan fingerprint density at radius 1 is 1.33 bits per heavy atom. The number of carboxylic acids is 1. The van der Waals surface area contributed by atoms with Crippen LogP contribution in [0.4, 0.5) is 4.39 Å². The van der Waals surface area contributed by atoms with Gasteiger partial charge in [-0.3, -0.25) is 4.79 Å². The average molecular weight is 313 g/mol. The van der Waals surface area contributed by atoms with Crippen LogP contribution in [0.2, 0.25) is 0 Å². The van der Waals surface area contributed by atoms with E-state index in [0.29, 0.717) is 5.75 Å². The highest BCUT2D eigenvalue weighted by Crippen LogP contribution is 2.22. The zero-order chi connectivity index (χ0) is 15.4. The molecule has 0 bridgehead atoms. The highest BCUT2D eigenvalue weighted by atomic mass is 32.2. The molecule has 114 valence electrons. The minimum absolute atomic E-state index is 0.0665. The van der Waals surface area contributed by atoms with Gasteiger partial charge in [-0.2, -0.15) is 0 Å². The fourth-order valence-electron chi connectivity index (χ4n) is 2.25. The lowest BCUT2D eigenvalue weighted by Gasteiger charge is -2.20. The van der Waals surface area contributed by atoms with Gasteiger partial charge in [0.25, 0.3) is 0 Å². The predicted octanol–water partition coefficient (Wildman–Crippen LogP) is 1.35. The Morgan fingerprint density at radius 3 is 2.62 bits per heavy atom. The van der Waals surface area contributed by atoms with Crippen LogP contribution in [0.3, 0.4) is 0 Å². The van der Waals surface area contributed by atoms with Crippen molar-refractivity contribution >= 4 is 23.6 Å². The van der Waals surface area contributed by atoms with Crippen LogP contribution in [0.1, 0.15) is 12.8 Å². The minimum atomic E-state index is -1.09. The highest BCUT2D eigenvalue weighted by molar-refractivity contribution is 7.99. The Hall–Kier alpha value is -1.60. The summed E-state index contributed by atoms with van der Waals surface area (Å²) in [7, 11) is 0. The molecule has 2 rings (SSSR count). The molecular formula is C14H16FNO4S. The smallest absolute Gasteiger partial charge is 0.326 e. The lowest BCUT2D eigenvalue weighted by Crippen LogP contribution is -2.40. The Bertz CT molecular complexity index is 522. The van der Waals surface area contributed by atoms with Crippen molar-refractivity contribution < 1.29 is 24.2 Å². The third-order valence-electron chi connectivity index (χ3n) is 3.28. The van der Waals surface area contributed by atoms with Crippen LogP contribution in [0.15, 0.2) is 29.2 Å². The number of likely N-dealkylation sites (tertiary alicyclic amines) is 1. The van der Waals surface area contributed by atoms with E-state index in [-0.39, 0.29) is 31.1 Å². The van der Waals surface area contributed by atoms with Crippen LogP contribution < -0.4 is 0 Å². The molecule has 0 aliphatic carbocycles. The van der Waals surface area contributed by atoms with Gasteiger partial charge in [-0.05, 0) is 24.3 Å². The Kier molecular flexibility index (Phi) is 5.19. The normalized spacial score (nSPS) is 21.5. The summed E-state index contributed by atoms with van der Waals surface area (Å²) in [5.74, 6) is -1.21. The van der Waals surface area contributed by atoms with Crippen LogP contribution in [0.25, 0.3) is 0 Å². The van der Waals surface area contributed by atoms with Crippen LogP contribution in [-0.2, 0) is 9.59 Å². The SMILES string of the molecule is O=C(O)[C@@H]1CC(O)CN1C(=O)CCSc1ccc(F)cc1. The van der Waals surface area contributed by atoms with Gasteiger partial charge in [-0.15, -0.1) is 11.8 Å². The van der Waals surface area contributed by atoms with Crippen LogP contribution in [0.5, 0.6) is 0 Å². The number of aliphatic hydroxyl groups is 1. The molecule has 2 atom stereocenters. The summed E-state index contributed by atoms with van der Waals surface area (Å²) in [6.07, 6.45) is -0.523. The maximum absolute atomic E-state index is 12.7. The molecule has 5 nitrogen and oxygen atoms in total. The van der Waals surface area contributed by atoms with Crippen molar-refractivity contribution in [3.05, 3.63) is 30.1 Å². The van der Waals surface area contributed by atoms with Gasteiger partial charge >= 0.3 is 5.97 Å². The first-order valence-electron chi connectivity index (χ1n) is 6.56. The van der Waals surface area contributed by atoms with Gasteiger partial charge < -0.3 is 15.1 Å². The monoisotopic (exact) mass is 313 g/mol. The Labute approximate surface area is 125 Å². The van der Waals surface area contributed by atoms with E-state index >= 15 is 0 Å². The molecule has 1 saturated heterocycles. The van der Waals surface area contributed by atoms with E-state index in [2.05, 4.69) is 0 Å². The maximum atomic E-state index is 12.7. The van der Waals surface area contributed by atoms with Crippen LogP contribution >= 0.6 is 11.8 Å². The van der Waals surface area contributed by atoms with E-state index in [1.165, 1.54) is 28.8 Å². The number of carbonyl (C=O) groups is 2. The quantitative estimate of drug-likeness (QED) is 0.803. The zero-order valence-electron chi connectivity index (χ0n) is 11.2. The molecule has 1 aliphatic rings. The molecule has 1 fully saturated rings. The van der Waals surface area contributed by atoms with Crippen molar-refractivity contribution in [2.45, 2.75) is 29.9 Å². The standard InChI is InChI=1S/C14H16FNO4S/c15-9-1-3-11(4-2-9)21-6-5-13(18)16-8-10(17)7-12(16)14(19)20/h1-4,10,12,17H,5-8H2,(H,19,20)/t10?,12-/m0/s1. The lowest BCUT2D eigenvalue weighted by atomic mass is 10.2. The largest absolute Gasteiger partial charge is 0.480 e. The molecule has 1 unspecified atom stereocenters. The third-order valence-corrected chi connectivity index (χ3v) is 4.30. The number of thioether (sulfide) groups is 1. The van der Waals surface area contributed by atoms with Crippen molar-refractivity contribution in [2.24, 2.45) is 0 Å². The number of β-amino-alcohol motifs (C(OH)–C–C–N with tert-alkyl or cyclic N) is 1. The molecule has 0 spiro atoms. The first kappa shape index (κ1) is 15.8. The number of aliphatic carboxylic acids is 1. The van der Waals surface area contributed by atoms with E-state index in [1.54, 1.807) is 12.1 Å². The molecule has 1 heterocycles. The highest BCUT2D eigenvalue weighted by Gasteiger charge is 2.38.